The van der Waals surface area contributed by atoms with Crippen LogP contribution in [0.1, 0.15) is 44.0 Å². The van der Waals surface area contributed by atoms with Crippen molar-refractivity contribution in [3.05, 3.63) is 29.8 Å². The molecule has 0 atom stereocenters. The summed E-state index contributed by atoms with van der Waals surface area (Å²) in [5.41, 5.74) is 2.22. The third kappa shape index (κ3) is 3.80. The summed E-state index contributed by atoms with van der Waals surface area (Å²) < 4.78 is 0. The van der Waals surface area contributed by atoms with Gasteiger partial charge >= 0.3 is 0 Å². The number of rotatable bonds is 2. The predicted octanol–water partition coefficient (Wildman–Crippen LogP) is 2.86. The summed E-state index contributed by atoms with van der Waals surface area (Å²) in [6.45, 7) is 9.32. The van der Waals surface area contributed by atoms with Crippen LogP contribution in [0.2, 0.25) is 0 Å². The summed E-state index contributed by atoms with van der Waals surface area (Å²) in [6.07, 6.45) is 2.28. The van der Waals surface area contributed by atoms with Crippen molar-refractivity contribution in [3.8, 4) is 0 Å². The molecular formula is C16H24N2O. The van der Waals surface area contributed by atoms with E-state index in [1.165, 1.54) is 5.69 Å². The maximum Gasteiger partial charge on any atom is 0.159 e. The highest BCUT2D eigenvalue weighted by Gasteiger charge is 2.20. The van der Waals surface area contributed by atoms with Crippen LogP contribution in [0.25, 0.3) is 0 Å². The Kier molecular flexibility index (Phi) is 4.25. The normalized spacial score (nSPS) is 19.6. The van der Waals surface area contributed by atoms with Crippen LogP contribution in [0.15, 0.2) is 24.3 Å². The second kappa shape index (κ2) is 5.74. The van der Waals surface area contributed by atoms with Crippen LogP contribution in [-0.4, -0.2) is 31.0 Å². The third-order valence-corrected chi connectivity index (χ3v) is 3.85. The van der Waals surface area contributed by atoms with Crippen molar-refractivity contribution >= 4 is 11.5 Å². The first-order valence-corrected chi connectivity index (χ1v) is 7.09. The van der Waals surface area contributed by atoms with E-state index in [-0.39, 0.29) is 11.3 Å². The summed E-state index contributed by atoms with van der Waals surface area (Å²) in [5.74, 6) is 0.129. The Labute approximate surface area is 116 Å². The van der Waals surface area contributed by atoms with E-state index >= 15 is 0 Å². The quantitative estimate of drug-likeness (QED) is 0.830. The molecule has 0 aromatic heterocycles. The molecule has 1 N–H and O–H groups in total. The van der Waals surface area contributed by atoms with Crippen molar-refractivity contribution in [2.45, 2.75) is 39.2 Å². The zero-order chi connectivity index (χ0) is 13.9. The highest BCUT2D eigenvalue weighted by atomic mass is 16.1. The molecule has 0 aliphatic carbocycles. The molecule has 1 heterocycles. The van der Waals surface area contributed by atoms with Crippen molar-refractivity contribution in [2.75, 3.05) is 24.5 Å². The van der Waals surface area contributed by atoms with Crippen LogP contribution < -0.4 is 10.2 Å². The molecule has 0 saturated carbocycles. The summed E-state index contributed by atoms with van der Waals surface area (Å²) in [6, 6.07) is 8.00. The lowest BCUT2D eigenvalue weighted by Crippen LogP contribution is -2.46. The summed E-state index contributed by atoms with van der Waals surface area (Å²) in [5, 5.41) is 3.59. The Morgan fingerprint density at radius 2 is 1.89 bits per heavy atom. The highest BCUT2D eigenvalue weighted by molar-refractivity contribution is 5.94. The first kappa shape index (κ1) is 14.1. The van der Waals surface area contributed by atoms with Gasteiger partial charge in [-0.25, -0.2) is 0 Å². The van der Waals surface area contributed by atoms with Gasteiger partial charge in [-0.05, 0) is 64.4 Å². The maximum atomic E-state index is 11.3. The van der Waals surface area contributed by atoms with Gasteiger partial charge in [0.25, 0.3) is 0 Å². The van der Waals surface area contributed by atoms with E-state index in [0.29, 0.717) is 0 Å². The minimum atomic E-state index is 0.129. The molecule has 1 aliphatic heterocycles. The number of nitrogens with one attached hydrogen (secondary N) is 1. The van der Waals surface area contributed by atoms with Crippen molar-refractivity contribution in [2.24, 2.45) is 0 Å². The molecule has 1 fully saturated rings. The van der Waals surface area contributed by atoms with E-state index < -0.39 is 0 Å². The Balaban J connectivity index is 2.09. The van der Waals surface area contributed by atoms with Gasteiger partial charge in [-0.15, -0.1) is 0 Å². The summed E-state index contributed by atoms with van der Waals surface area (Å²) in [7, 11) is 0. The average molecular weight is 260 g/mol. The van der Waals surface area contributed by atoms with Gasteiger partial charge in [-0.3, -0.25) is 4.79 Å². The van der Waals surface area contributed by atoms with Crippen LogP contribution in [0.4, 0.5) is 5.69 Å². The molecule has 19 heavy (non-hydrogen) atoms. The van der Waals surface area contributed by atoms with Crippen molar-refractivity contribution in [3.63, 3.8) is 0 Å². The molecular weight excluding hydrogens is 236 g/mol. The van der Waals surface area contributed by atoms with E-state index in [0.717, 1.165) is 38.0 Å². The Hall–Kier alpha value is -1.35. The second-order valence-electron chi connectivity index (χ2n) is 6.00. The number of nitrogens with zero attached hydrogens (tertiary/aromatic N) is 1. The fourth-order valence-corrected chi connectivity index (χ4v) is 2.48. The number of carbonyl (C=O) groups is 1. The van der Waals surface area contributed by atoms with Crippen LogP contribution in [-0.2, 0) is 0 Å². The van der Waals surface area contributed by atoms with Crippen LogP contribution in [0.3, 0.4) is 0 Å². The van der Waals surface area contributed by atoms with Crippen molar-refractivity contribution < 1.29 is 4.79 Å². The number of benzene rings is 1. The first-order valence-electron chi connectivity index (χ1n) is 7.09. The molecule has 3 nitrogen and oxygen atoms in total. The third-order valence-electron chi connectivity index (χ3n) is 3.85. The molecule has 0 radical (unpaired) electrons. The molecule has 1 aromatic rings. The van der Waals surface area contributed by atoms with Gasteiger partial charge < -0.3 is 10.2 Å². The number of carbonyl (C=O) groups excluding carboxylic acids is 1. The van der Waals surface area contributed by atoms with E-state index in [1.807, 2.05) is 12.1 Å². The maximum absolute atomic E-state index is 11.3. The minimum absolute atomic E-state index is 0.129. The topological polar surface area (TPSA) is 32.3 Å². The molecule has 0 amide bonds. The molecule has 1 saturated heterocycles. The average Bonchev–Trinajstić information content (AvgIpc) is 2.36. The molecule has 1 aromatic carbocycles. The largest absolute Gasteiger partial charge is 0.371 e. The predicted molar refractivity (Wildman–Crippen MR) is 80.0 cm³/mol. The van der Waals surface area contributed by atoms with E-state index in [9.17, 15) is 4.79 Å². The van der Waals surface area contributed by atoms with E-state index in [1.54, 1.807) is 6.92 Å². The molecule has 0 bridgehead atoms. The molecule has 0 spiro atoms. The Bertz CT molecular complexity index is 437. The molecule has 104 valence electrons. The zero-order valence-electron chi connectivity index (χ0n) is 12.2. The number of hydrogen-bond acceptors (Lipinski definition) is 3. The minimum Gasteiger partial charge on any atom is -0.371 e. The molecule has 0 unspecified atom stereocenters. The highest BCUT2D eigenvalue weighted by Crippen LogP contribution is 2.20. The van der Waals surface area contributed by atoms with Gasteiger partial charge in [0.1, 0.15) is 0 Å². The lowest BCUT2D eigenvalue weighted by molar-refractivity contribution is 0.101. The number of Topliss-reactive ketones (excluding diaryl/α,β-unsaturated/α-hetero) is 1. The van der Waals surface area contributed by atoms with Crippen LogP contribution >= 0.6 is 0 Å². The number of anilines is 1. The summed E-state index contributed by atoms with van der Waals surface area (Å²) in [4.78, 5) is 13.7. The number of hydrogen-bond donors (Lipinski definition) is 1. The fraction of sp³-hybridized carbons (Fsp3) is 0.562. The van der Waals surface area contributed by atoms with Gasteiger partial charge in [-0.1, -0.05) is 0 Å². The molecule has 1 aliphatic rings. The lowest BCUT2D eigenvalue weighted by Gasteiger charge is -2.35. The standard InChI is InChI=1S/C16H24N2O/c1-13(19)14-5-7-15(8-6-14)18-11-4-10-17-16(2,3)9-12-18/h5-8,17H,4,9-12H2,1-3H3. The fourth-order valence-electron chi connectivity index (χ4n) is 2.48. The SMILES string of the molecule is CC(=O)c1ccc(N2CCCNC(C)(C)CC2)cc1. The Morgan fingerprint density at radius 3 is 2.53 bits per heavy atom. The van der Waals surface area contributed by atoms with Gasteiger partial charge in [0.2, 0.25) is 0 Å². The van der Waals surface area contributed by atoms with E-state index in [4.69, 9.17) is 0 Å². The molecule has 2 rings (SSSR count). The van der Waals surface area contributed by atoms with Crippen LogP contribution in [0, 0.1) is 0 Å². The summed E-state index contributed by atoms with van der Waals surface area (Å²) >= 11 is 0. The van der Waals surface area contributed by atoms with E-state index in [2.05, 4.69) is 36.2 Å². The van der Waals surface area contributed by atoms with Crippen LogP contribution in [0.5, 0.6) is 0 Å². The monoisotopic (exact) mass is 260 g/mol. The van der Waals surface area contributed by atoms with Gasteiger partial charge in [0.15, 0.2) is 5.78 Å². The molecule has 3 heteroatoms. The Morgan fingerprint density at radius 1 is 1.21 bits per heavy atom. The van der Waals surface area contributed by atoms with Crippen molar-refractivity contribution in [1.29, 1.82) is 0 Å². The smallest absolute Gasteiger partial charge is 0.159 e. The van der Waals surface area contributed by atoms with Gasteiger partial charge in [-0.2, -0.15) is 0 Å². The first-order chi connectivity index (χ1) is 8.98. The van der Waals surface area contributed by atoms with Crippen molar-refractivity contribution in [1.82, 2.24) is 5.32 Å². The van der Waals surface area contributed by atoms with Gasteiger partial charge in [0.05, 0.1) is 0 Å². The van der Waals surface area contributed by atoms with Gasteiger partial charge in [0, 0.05) is 29.9 Å². The second-order valence-corrected chi connectivity index (χ2v) is 6.00. The lowest BCUT2D eigenvalue weighted by atomic mass is 9.98. The number of ketones is 1. The zero-order valence-corrected chi connectivity index (χ0v) is 12.2.